The van der Waals surface area contributed by atoms with E-state index in [0.717, 1.165) is 28.0 Å². The summed E-state index contributed by atoms with van der Waals surface area (Å²) in [5.41, 5.74) is -1.02. The zero-order valence-electron chi connectivity index (χ0n) is 13.6. The van der Waals surface area contributed by atoms with Gasteiger partial charge in [-0.1, -0.05) is 0 Å². The maximum absolute atomic E-state index is 13.9. The van der Waals surface area contributed by atoms with Crippen LogP contribution in [-0.4, -0.2) is 22.6 Å². The Hall–Kier alpha value is -2.74. The Labute approximate surface area is 145 Å². The first kappa shape index (κ1) is 17.1. The van der Waals surface area contributed by atoms with E-state index in [1.165, 1.54) is 30.0 Å². The molecule has 0 aliphatic heterocycles. The van der Waals surface area contributed by atoms with Gasteiger partial charge < -0.3 is 14.6 Å². The number of hydrogen-bond acceptors (Lipinski definition) is 4. The second-order valence-electron chi connectivity index (χ2n) is 5.60. The van der Waals surface area contributed by atoms with Gasteiger partial charge >= 0.3 is 0 Å². The zero-order chi connectivity index (χ0) is 18.5. The molecule has 0 aliphatic rings. The van der Waals surface area contributed by atoms with Crippen molar-refractivity contribution in [3.63, 3.8) is 0 Å². The van der Waals surface area contributed by atoms with Gasteiger partial charge in [-0.05, 0) is 19.1 Å². The molecule has 130 valence electrons. The van der Waals surface area contributed by atoms with Crippen LogP contribution >= 0.6 is 11.3 Å². The highest BCUT2D eigenvalue weighted by Gasteiger charge is 2.27. The smallest absolute Gasteiger partial charge is 0.267 e. The van der Waals surface area contributed by atoms with Gasteiger partial charge in [0, 0.05) is 30.4 Å². The van der Waals surface area contributed by atoms with Crippen molar-refractivity contribution in [1.29, 1.82) is 0 Å². The largest absolute Gasteiger partial charge is 0.506 e. The molecule has 5 nitrogen and oxygen atoms in total. The molecule has 3 aromatic rings. The van der Waals surface area contributed by atoms with Crippen molar-refractivity contribution in [2.75, 3.05) is 11.9 Å². The minimum atomic E-state index is -0.921. The fourth-order valence-electron chi connectivity index (χ4n) is 2.69. The van der Waals surface area contributed by atoms with Crippen LogP contribution in [0.1, 0.15) is 15.2 Å². The predicted octanol–water partition coefficient (Wildman–Crippen LogP) is 3.17. The van der Waals surface area contributed by atoms with Gasteiger partial charge in [-0.15, -0.1) is 11.3 Å². The third-order valence-electron chi connectivity index (χ3n) is 4.10. The average molecular weight is 364 g/mol. The van der Waals surface area contributed by atoms with Crippen LogP contribution in [0, 0.1) is 18.6 Å². The number of benzene rings is 1. The van der Waals surface area contributed by atoms with Crippen LogP contribution in [0.4, 0.5) is 14.5 Å². The monoisotopic (exact) mass is 364 g/mol. The van der Waals surface area contributed by atoms with Crippen molar-refractivity contribution in [2.24, 2.45) is 7.05 Å². The summed E-state index contributed by atoms with van der Waals surface area (Å²) in [6, 6.07) is 2.66. The zero-order valence-corrected chi connectivity index (χ0v) is 14.4. The maximum Gasteiger partial charge on any atom is 0.267 e. The molecule has 0 spiro atoms. The van der Waals surface area contributed by atoms with Gasteiger partial charge in [0.05, 0.1) is 16.6 Å². The number of aromatic hydroxyl groups is 1. The highest BCUT2D eigenvalue weighted by molar-refractivity contribution is 7.11. The third-order valence-corrected chi connectivity index (χ3v) is 5.00. The van der Waals surface area contributed by atoms with Gasteiger partial charge in [-0.25, -0.2) is 8.78 Å². The lowest BCUT2D eigenvalue weighted by atomic mass is 10.1. The van der Waals surface area contributed by atoms with Crippen molar-refractivity contribution in [1.82, 2.24) is 4.57 Å². The lowest BCUT2D eigenvalue weighted by Gasteiger charge is -2.19. The number of fused-ring (bicyclic) bond motifs is 1. The molecule has 3 rings (SSSR count). The highest BCUT2D eigenvalue weighted by Crippen LogP contribution is 2.34. The van der Waals surface area contributed by atoms with Crippen LogP contribution in [0.3, 0.4) is 0 Å². The predicted molar refractivity (Wildman–Crippen MR) is 92.6 cm³/mol. The Balaban J connectivity index is 2.22. The van der Waals surface area contributed by atoms with E-state index in [4.69, 9.17) is 0 Å². The second-order valence-corrected chi connectivity index (χ2v) is 6.68. The molecule has 8 heteroatoms. The third kappa shape index (κ3) is 2.58. The molecule has 1 N–H and O–H groups in total. The van der Waals surface area contributed by atoms with E-state index in [0.29, 0.717) is 10.9 Å². The van der Waals surface area contributed by atoms with Gasteiger partial charge in [0.15, 0.2) is 0 Å². The Morgan fingerprint density at radius 3 is 2.68 bits per heavy atom. The molecule has 0 fully saturated rings. The summed E-state index contributed by atoms with van der Waals surface area (Å²) < 4.78 is 28.6. The molecule has 0 bridgehead atoms. The van der Waals surface area contributed by atoms with E-state index < -0.39 is 34.4 Å². The number of anilines is 1. The van der Waals surface area contributed by atoms with E-state index >= 15 is 0 Å². The molecular formula is C17H14F2N2O3S. The van der Waals surface area contributed by atoms with Crippen LogP contribution in [0.2, 0.25) is 0 Å². The topological polar surface area (TPSA) is 62.5 Å². The standard InChI is InChI=1S/C17H14F2N2O3S/c1-8-13-12(7-25-8)21(3)17(24)14(15(13)22)16(23)20(2)11-6-9(18)4-5-10(11)19/h4-7,22H,1-3H3. The number of hydrogen-bond donors (Lipinski definition) is 1. The normalized spacial score (nSPS) is 11.1. The van der Waals surface area contributed by atoms with E-state index in [2.05, 4.69) is 0 Å². The highest BCUT2D eigenvalue weighted by atomic mass is 32.1. The molecule has 0 radical (unpaired) electrons. The first-order valence-corrected chi connectivity index (χ1v) is 8.14. The number of aromatic nitrogens is 1. The van der Waals surface area contributed by atoms with E-state index in [-0.39, 0.29) is 5.69 Å². The van der Waals surface area contributed by atoms with Crippen molar-refractivity contribution in [3.8, 4) is 5.75 Å². The summed E-state index contributed by atoms with van der Waals surface area (Å²) >= 11 is 1.33. The van der Waals surface area contributed by atoms with Gasteiger partial charge in [0.2, 0.25) is 0 Å². The fraction of sp³-hybridized carbons (Fsp3) is 0.176. The van der Waals surface area contributed by atoms with Crippen LogP contribution in [0.5, 0.6) is 5.75 Å². The van der Waals surface area contributed by atoms with Crippen LogP contribution < -0.4 is 10.5 Å². The number of amides is 1. The number of nitrogens with zero attached hydrogens (tertiary/aromatic N) is 2. The molecule has 0 aliphatic carbocycles. The van der Waals surface area contributed by atoms with Gasteiger partial charge in [0.1, 0.15) is 22.9 Å². The number of carbonyl (C=O) groups is 1. The lowest BCUT2D eigenvalue weighted by molar-refractivity contribution is 0.0988. The minimum Gasteiger partial charge on any atom is -0.506 e. The van der Waals surface area contributed by atoms with Crippen molar-refractivity contribution in [2.45, 2.75) is 6.92 Å². The SMILES string of the molecule is Cc1scc2c1c(O)c(C(=O)N(C)c1cc(F)ccc1F)c(=O)n2C. The van der Waals surface area contributed by atoms with Crippen LogP contribution in [0.15, 0.2) is 28.4 Å². The Bertz CT molecular complexity index is 1070. The Morgan fingerprint density at radius 2 is 2.00 bits per heavy atom. The summed E-state index contributed by atoms with van der Waals surface area (Å²) in [6.07, 6.45) is 0. The Morgan fingerprint density at radius 1 is 1.32 bits per heavy atom. The molecule has 2 heterocycles. The second kappa shape index (κ2) is 5.96. The first-order valence-electron chi connectivity index (χ1n) is 7.27. The number of pyridine rings is 1. The van der Waals surface area contributed by atoms with Crippen molar-refractivity contribution >= 4 is 33.8 Å². The van der Waals surface area contributed by atoms with Crippen molar-refractivity contribution < 1.29 is 18.7 Å². The lowest BCUT2D eigenvalue weighted by Crippen LogP contribution is -2.34. The van der Waals surface area contributed by atoms with Gasteiger partial charge in [0.25, 0.3) is 11.5 Å². The van der Waals surface area contributed by atoms with Gasteiger partial charge in [-0.2, -0.15) is 0 Å². The maximum atomic E-state index is 13.9. The van der Waals surface area contributed by atoms with E-state index in [1.807, 2.05) is 0 Å². The molecule has 0 saturated carbocycles. The summed E-state index contributed by atoms with van der Waals surface area (Å²) in [7, 11) is 2.69. The Kier molecular flexibility index (Phi) is 4.08. The van der Waals surface area contributed by atoms with Crippen molar-refractivity contribution in [3.05, 3.63) is 56.0 Å². The van der Waals surface area contributed by atoms with Crippen LogP contribution in [0.25, 0.3) is 10.9 Å². The molecule has 1 amide bonds. The summed E-state index contributed by atoms with van der Waals surface area (Å²) in [4.78, 5) is 26.8. The molecule has 0 unspecified atom stereocenters. The number of carbonyl (C=O) groups excluding carboxylic acids is 1. The van der Waals surface area contributed by atoms with E-state index in [9.17, 15) is 23.5 Å². The fourth-order valence-corrected chi connectivity index (χ4v) is 3.58. The molecule has 1 aromatic carbocycles. The number of halogens is 2. The number of thiophene rings is 1. The average Bonchev–Trinajstić information content (AvgIpc) is 2.96. The molecule has 25 heavy (non-hydrogen) atoms. The first-order chi connectivity index (χ1) is 11.7. The summed E-state index contributed by atoms with van der Waals surface area (Å²) in [5.74, 6) is -2.92. The molecular weight excluding hydrogens is 350 g/mol. The van der Waals surface area contributed by atoms with E-state index in [1.54, 1.807) is 12.3 Å². The molecule has 2 aromatic heterocycles. The van der Waals surface area contributed by atoms with Crippen LogP contribution in [-0.2, 0) is 7.05 Å². The minimum absolute atomic E-state index is 0.325. The van der Waals surface area contributed by atoms with Gasteiger partial charge in [-0.3, -0.25) is 9.59 Å². The molecule has 0 atom stereocenters. The number of rotatable bonds is 2. The quantitative estimate of drug-likeness (QED) is 0.760. The number of aryl methyl sites for hydroxylation is 2. The summed E-state index contributed by atoms with van der Waals surface area (Å²) in [5, 5.41) is 12.6. The summed E-state index contributed by atoms with van der Waals surface area (Å²) in [6.45, 7) is 1.75. The molecule has 0 saturated heterocycles.